The van der Waals surface area contributed by atoms with Crippen molar-refractivity contribution in [3.05, 3.63) is 60.2 Å². The number of carbonyl (C=O) groups is 1. The summed E-state index contributed by atoms with van der Waals surface area (Å²) in [6.45, 7) is 2.26. The smallest absolute Gasteiger partial charge is 0.272 e. The van der Waals surface area contributed by atoms with Crippen LogP contribution in [0.3, 0.4) is 0 Å². The molecule has 7 nitrogen and oxygen atoms in total. The monoisotopic (exact) mass is 297 g/mol. The molecule has 0 saturated carbocycles. The van der Waals surface area contributed by atoms with Crippen LogP contribution in [0.1, 0.15) is 22.0 Å². The molecule has 0 bridgehead atoms. The third-order valence-electron chi connectivity index (χ3n) is 3.17. The number of aryl methyl sites for hydroxylation is 1. The Kier molecular flexibility index (Phi) is 3.69. The van der Waals surface area contributed by atoms with Crippen LogP contribution in [0.15, 0.2) is 47.4 Å². The molecular weight excluding hydrogens is 282 g/mol. The standard InChI is InChI=1S/C15H15N5O2/c1-11-6-7-12(22-11)8-19(2)15(21)13-4-3-5-14(18-13)20-9-16-17-10-20/h3-7,9-10H,8H2,1-2H3. The van der Waals surface area contributed by atoms with Gasteiger partial charge >= 0.3 is 0 Å². The van der Waals surface area contributed by atoms with Crippen LogP contribution in [0, 0.1) is 6.92 Å². The van der Waals surface area contributed by atoms with Crippen LogP contribution < -0.4 is 0 Å². The van der Waals surface area contributed by atoms with Gasteiger partial charge in [0.25, 0.3) is 5.91 Å². The number of pyridine rings is 1. The minimum Gasteiger partial charge on any atom is -0.464 e. The van der Waals surface area contributed by atoms with Gasteiger partial charge in [-0.25, -0.2) is 4.98 Å². The summed E-state index contributed by atoms with van der Waals surface area (Å²) in [5.41, 5.74) is 0.358. The number of aromatic nitrogens is 4. The van der Waals surface area contributed by atoms with Crippen molar-refractivity contribution in [1.29, 1.82) is 0 Å². The highest BCUT2D eigenvalue weighted by Crippen LogP contribution is 2.11. The maximum Gasteiger partial charge on any atom is 0.272 e. The fraction of sp³-hybridized carbons (Fsp3) is 0.200. The molecule has 0 aliphatic heterocycles. The minimum atomic E-state index is -0.177. The van der Waals surface area contributed by atoms with Crippen molar-refractivity contribution >= 4 is 5.91 Å². The SMILES string of the molecule is Cc1ccc(CN(C)C(=O)c2cccc(-n3cnnc3)n2)o1. The summed E-state index contributed by atoms with van der Waals surface area (Å²) in [5, 5.41) is 7.46. The third kappa shape index (κ3) is 2.88. The van der Waals surface area contributed by atoms with Gasteiger partial charge in [0.15, 0.2) is 0 Å². The third-order valence-corrected chi connectivity index (χ3v) is 3.17. The zero-order valence-electron chi connectivity index (χ0n) is 12.3. The van der Waals surface area contributed by atoms with E-state index < -0.39 is 0 Å². The summed E-state index contributed by atoms with van der Waals surface area (Å²) >= 11 is 0. The number of carbonyl (C=O) groups excluding carboxylic acids is 1. The van der Waals surface area contributed by atoms with Crippen molar-refractivity contribution in [2.24, 2.45) is 0 Å². The number of hydrogen-bond acceptors (Lipinski definition) is 5. The zero-order chi connectivity index (χ0) is 15.5. The Morgan fingerprint density at radius 1 is 1.23 bits per heavy atom. The fourth-order valence-corrected chi connectivity index (χ4v) is 2.08. The van der Waals surface area contributed by atoms with Crippen LogP contribution in [0.4, 0.5) is 0 Å². The molecule has 0 spiro atoms. The van der Waals surface area contributed by atoms with Crippen LogP contribution in [0.5, 0.6) is 0 Å². The van der Waals surface area contributed by atoms with Gasteiger partial charge < -0.3 is 9.32 Å². The number of hydrogen-bond donors (Lipinski definition) is 0. The predicted molar refractivity (Wildman–Crippen MR) is 78.4 cm³/mol. The molecule has 112 valence electrons. The van der Waals surface area contributed by atoms with E-state index in [1.165, 1.54) is 12.7 Å². The van der Waals surface area contributed by atoms with E-state index in [2.05, 4.69) is 15.2 Å². The second-order valence-corrected chi connectivity index (χ2v) is 4.92. The van der Waals surface area contributed by atoms with Gasteiger partial charge in [0, 0.05) is 7.05 Å². The largest absolute Gasteiger partial charge is 0.464 e. The zero-order valence-corrected chi connectivity index (χ0v) is 12.3. The molecule has 0 aliphatic carbocycles. The number of furan rings is 1. The average molecular weight is 297 g/mol. The van der Waals surface area contributed by atoms with E-state index in [-0.39, 0.29) is 5.91 Å². The molecule has 0 atom stereocenters. The number of rotatable bonds is 4. The second kappa shape index (κ2) is 5.80. The molecule has 0 saturated heterocycles. The Bertz CT molecular complexity index is 779. The van der Waals surface area contributed by atoms with E-state index in [0.717, 1.165) is 11.5 Å². The van der Waals surface area contributed by atoms with Crippen molar-refractivity contribution in [1.82, 2.24) is 24.6 Å². The Balaban J connectivity index is 1.78. The summed E-state index contributed by atoms with van der Waals surface area (Å²) < 4.78 is 7.13. The Hall–Kier alpha value is -2.96. The lowest BCUT2D eigenvalue weighted by Crippen LogP contribution is -2.27. The van der Waals surface area contributed by atoms with Gasteiger partial charge in [-0.05, 0) is 31.2 Å². The first kappa shape index (κ1) is 14.0. The molecule has 0 aliphatic rings. The molecule has 7 heteroatoms. The summed E-state index contributed by atoms with van der Waals surface area (Å²) in [7, 11) is 1.72. The fourth-order valence-electron chi connectivity index (χ4n) is 2.08. The molecule has 3 aromatic heterocycles. The van der Waals surface area contributed by atoms with Crippen LogP contribution in [-0.4, -0.2) is 37.6 Å². The van der Waals surface area contributed by atoms with E-state index in [0.29, 0.717) is 18.1 Å². The van der Waals surface area contributed by atoms with Crippen LogP contribution >= 0.6 is 0 Å². The highest BCUT2D eigenvalue weighted by atomic mass is 16.3. The first-order valence-corrected chi connectivity index (χ1v) is 6.76. The van der Waals surface area contributed by atoms with Gasteiger partial charge in [-0.1, -0.05) is 6.07 Å². The molecule has 0 aromatic carbocycles. The van der Waals surface area contributed by atoms with E-state index in [1.54, 1.807) is 34.7 Å². The van der Waals surface area contributed by atoms with E-state index in [4.69, 9.17) is 4.42 Å². The first-order valence-electron chi connectivity index (χ1n) is 6.76. The minimum absolute atomic E-state index is 0.177. The molecule has 0 N–H and O–H groups in total. The van der Waals surface area contributed by atoms with Gasteiger partial charge in [0.1, 0.15) is 35.7 Å². The van der Waals surface area contributed by atoms with Crippen LogP contribution in [0.2, 0.25) is 0 Å². The van der Waals surface area contributed by atoms with Crippen molar-refractivity contribution in [3.8, 4) is 5.82 Å². The Morgan fingerprint density at radius 3 is 2.68 bits per heavy atom. The van der Waals surface area contributed by atoms with Crippen LogP contribution in [-0.2, 0) is 6.54 Å². The average Bonchev–Trinajstić information content (AvgIpc) is 3.18. The summed E-state index contributed by atoms with van der Waals surface area (Å²) in [4.78, 5) is 18.4. The first-order chi connectivity index (χ1) is 10.6. The predicted octanol–water partition coefficient (Wildman–Crippen LogP) is 1.84. The summed E-state index contributed by atoms with van der Waals surface area (Å²) in [6.07, 6.45) is 3.07. The lowest BCUT2D eigenvalue weighted by molar-refractivity contribution is 0.0769. The number of nitrogens with zero attached hydrogens (tertiary/aromatic N) is 5. The molecular formula is C15H15N5O2. The Morgan fingerprint density at radius 2 is 2.00 bits per heavy atom. The lowest BCUT2D eigenvalue weighted by atomic mass is 10.3. The van der Waals surface area contributed by atoms with Gasteiger partial charge in [0.2, 0.25) is 0 Å². The topological polar surface area (TPSA) is 77.1 Å². The number of amides is 1. The van der Waals surface area contributed by atoms with Gasteiger partial charge in [0.05, 0.1) is 6.54 Å². The molecule has 3 aromatic rings. The molecule has 0 fully saturated rings. The molecule has 22 heavy (non-hydrogen) atoms. The van der Waals surface area contributed by atoms with Crippen molar-refractivity contribution < 1.29 is 9.21 Å². The quantitative estimate of drug-likeness (QED) is 0.734. The van der Waals surface area contributed by atoms with E-state index in [9.17, 15) is 4.79 Å². The van der Waals surface area contributed by atoms with E-state index in [1.807, 2.05) is 19.1 Å². The normalized spacial score (nSPS) is 10.6. The summed E-state index contributed by atoms with van der Waals surface area (Å²) in [6, 6.07) is 8.98. The van der Waals surface area contributed by atoms with Gasteiger partial charge in [-0.3, -0.25) is 9.36 Å². The van der Waals surface area contributed by atoms with E-state index >= 15 is 0 Å². The maximum atomic E-state index is 12.5. The molecule has 3 rings (SSSR count). The van der Waals surface area contributed by atoms with Crippen LogP contribution in [0.25, 0.3) is 5.82 Å². The molecule has 0 radical (unpaired) electrons. The second-order valence-electron chi connectivity index (χ2n) is 4.92. The Labute approximate surface area is 127 Å². The lowest BCUT2D eigenvalue weighted by Gasteiger charge is -2.15. The van der Waals surface area contributed by atoms with Gasteiger partial charge in [-0.2, -0.15) is 0 Å². The van der Waals surface area contributed by atoms with Crippen molar-refractivity contribution in [3.63, 3.8) is 0 Å². The maximum absolute atomic E-state index is 12.5. The van der Waals surface area contributed by atoms with Crippen molar-refractivity contribution in [2.75, 3.05) is 7.05 Å². The molecule has 3 heterocycles. The summed E-state index contributed by atoms with van der Waals surface area (Å²) in [5.74, 6) is 1.98. The van der Waals surface area contributed by atoms with Gasteiger partial charge in [-0.15, -0.1) is 10.2 Å². The molecule has 0 unspecified atom stereocenters. The van der Waals surface area contributed by atoms with Crippen molar-refractivity contribution in [2.45, 2.75) is 13.5 Å². The highest BCUT2D eigenvalue weighted by molar-refractivity contribution is 5.92. The highest BCUT2D eigenvalue weighted by Gasteiger charge is 2.15. The molecule has 1 amide bonds.